The average molecular weight is 425 g/mol. The van der Waals surface area contributed by atoms with E-state index < -0.39 is 0 Å². The van der Waals surface area contributed by atoms with E-state index in [4.69, 9.17) is 21.1 Å². The molecule has 0 bridgehead atoms. The highest BCUT2D eigenvalue weighted by atomic mass is 35.5. The molecule has 1 heterocycles. The van der Waals surface area contributed by atoms with Gasteiger partial charge >= 0.3 is 0 Å². The van der Waals surface area contributed by atoms with E-state index in [2.05, 4.69) is 4.99 Å². The van der Waals surface area contributed by atoms with Gasteiger partial charge in [-0.3, -0.25) is 14.7 Å². The van der Waals surface area contributed by atoms with Crippen molar-refractivity contribution in [3.8, 4) is 11.5 Å². The van der Waals surface area contributed by atoms with Gasteiger partial charge in [0.25, 0.3) is 5.91 Å². The Bertz CT molecular complexity index is 790. The molecule has 1 aliphatic heterocycles. The van der Waals surface area contributed by atoms with Crippen LogP contribution in [-0.4, -0.2) is 41.3 Å². The van der Waals surface area contributed by atoms with Crippen molar-refractivity contribution in [2.45, 2.75) is 66.2 Å². The lowest BCUT2D eigenvalue weighted by Gasteiger charge is -2.20. The van der Waals surface area contributed by atoms with Crippen LogP contribution in [0.15, 0.2) is 22.0 Å². The first-order chi connectivity index (χ1) is 13.2. The molecule has 1 atom stereocenters. The number of aliphatic imine (C=N–C) groups is 1. The van der Waals surface area contributed by atoms with Gasteiger partial charge in [0.2, 0.25) is 0 Å². The first-order valence-corrected chi connectivity index (χ1v) is 10.7. The van der Waals surface area contributed by atoms with Crippen molar-refractivity contribution in [3.63, 3.8) is 0 Å². The van der Waals surface area contributed by atoms with E-state index in [1.165, 1.54) is 11.8 Å². The van der Waals surface area contributed by atoms with Crippen LogP contribution in [-0.2, 0) is 4.79 Å². The van der Waals surface area contributed by atoms with Gasteiger partial charge in [-0.05, 0) is 76.6 Å². The minimum absolute atomic E-state index is 0.0250. The lowest BCUT2D eigenvalue weighted by Crippen LogP contribution is -2.35. The summed E-state index contributed by atoms with van der Waals surface area (Å²) in [5.41, 5.74) is 0.781. The third kappa shape index (κ3) is 5.23. The second-order valence-corrected chi connectivity index (χ2v) is 8.67. The van der Waals surface area contributed by atoms with Crippen LogP contribution < -0.4 is 9.47 Å². The molecule has 0 unspecified atom stereocenters. The van der Waals surface area contributed by atoms with Crippen LogP contribution in [0.2, 0.25) is 5.02 Å². The number of amides is 1. The minimum Gasteiger partial charge on any atom is -0.493 e. The lowest BCUT2D eigenvalue weighted by atomic mass is 10.1. The minimum atomic E-state index is -0.0468. The Morgan fingerprint density at radius 1 is 1.25 bits per heavy atom. The van der Waals surface area contributed by atoms with E-state index in [0.29, 0.717) is 21.4 Å². The molecule has 0 N–H and O–H groups in total. The molecular weight excluding hydrogens is 396 g/mol. The third-order valence-corrected chi connectivity index (χ3v) is 5.44. The van der Waals surface area contributed by atoms with Crippen LogP contribution in [0, 0.1) is 0 Å². The normalized spacial score (nSPS) is 18.6. The lowest BCUT2D eigenvalue weighted by molar-refractivity contribution is -0.123. The average Bonchev–Trinajstić information content (AvgIpc) is 2.91. The zero-order valence-electron chi connectivity index (χ0n) is 17.6. The summed E-state index contributed by atoms with van der Waals surface area (Å²) in [5.74, 6) is 1.03. The van der Waals surface area contributed by atoms with Crippen LogP contribution in [0.1, 0.15) is 53.5 Å². The molecule has 1 aromatic rings. The summed E-state index contributed by atoms with van der Waals surface area (Å²) in [5, 5.41) is 1.19. The highest BCUT2D eigenvalue weighted by Crippen LogP contribution is 2.40. The summed E-state index contributed by atoms with van der Waals surface area (Å²) in [7, 11) is 1.58. The van der Waals surface area contributed by atoms with Gasteiger partial charge in [0.15, 0.2) is 16.7 Å². The SMILES string of the molecule is CC[C@@H](C)Oc1c(Cl)cc(/C=C2/SC(=NC(C)C)N(C(C)C)C2=O)cc1OC. The number of carbonyl (C=O) groups is 1. The fourth-order valence-electron chi connectivity index (χ4n) is 2.63. The van der Waals surface area contributed by atoms with Gasteiger partial charge in [0.05, 0.1) is 23.1 Å². The molecule has 0 spiro atoms. The number of benzene rings is 1. The Balaban J connectivity index is 2.42. The number of amidine groups is 1. The molecule has 28 heavy (non-hydrogen) atoms. The summed E-state index contributed by atoms with van der Waals surface area (Å²) >= 11 is 7.84. The summed E-state index contributed by atoms with van der Waals surface area (Å²) in [6.45, 7) is 12.0. The van der Waals surface area contributed by atoms with Crippen LogP contribution in [0.25, 0.3) is 6.08 Å². The van der Waals surface area contributed by atoms with Crippen molar-refractivity contribution in [3.05, 3.63) is 27.6 Å². The number of hydrogen-bond donors (Lipinski definition) is 0. The van der Waals surface area contributed by atoms with Gasteiger partial charge in [-0.2, -0.15) is 0 Å². The van der Waals surface area contributed by atoms with Gasteiger partial charge in [0, 0.05) is 12.1 Å². The van der Waals surface area contributed by atoms with Gasteiger partial charge in [-0.25, -0.2) is 0 Å². The smallest absolute Gasteiger partial charge is 0.266 e. The van der Waals surface area contributed by atoms with Crippen LogP contribution >= 0.6 is 23.4 Å². The van der Waals surface area contributed by atoms with Crippen molar-refractivity contribution in [1.29, 1.82) is 0 Å². The number of rotatable bonds is 7. The van der Waals surface area contributed by atoms with Gasteiger partial charge in [0.1, 0.15) is 0 Å². The first kappa shape index (κ1) is 22.6. The Morgan fingerprint density at radius 2 is 1.93 bits per heavy atom. The maximum absolute atomic E-state index is 12.9. The zero-order chi connectivity index (χ0) is 21.0. The molecule has 154 valence electrons. The first-order valence-electron chi connectivity index (χ1n) is 9.52. The number of methoxy groups -OCH3 is 1. The summed E-state index contributed by atoms with van der Waals surface area (Å²) in [4.78, 5) is 19.8. The zero-order valence-corrected chi connectivity index (χ0v) is 19.1. The van der Waals surface area contributed by atoms with Crippen molar-refractivity contribution < 1.29 is 14.3 Å². The second kappa shape index (κ2) is 9.70. The van der Waals surface area contributed by atoms with Gasteiger partial charge in [-0.1, -0.05) is 18.5 Å². The molecule has 1 amide bonds. The summed E-state index contributed by atoms with van der Waals surface area (Å²) < 4.78 is 11.4. The molecule has 2 rings (SSSR count). The van der Waals surface area contributed by atoms with Crippen molar-refractivity contribution >= 4 is 40.5 Å². The third-order valence-electron chi connectivity index (χ3n) is 4.17. The predicted molar refractivity (Wildman–Crippen MR) is 119 cm³/mol. The second-order valence-electron chi connectivity index (χ2n) is 7.26. The Morgan fingerprint density at radius 3 is 2.46 bits per heavy atom. The number of ether oxygens (including phenoxy) is 2. The van der Waals surface area contributed by atoms with E-state index in [1.807, 2.05) is 53.7 Å². The Kier molecular flexibility index (Phi) is 7.84. The Labute approximate surface area is 177 Å². The molecule has 1 aromatic carbocycles. The molecule has 1 saturated heterocycles. The van der Waals surface area contributed by atoms with E-state index in [0.717, 1.165) is 17.2 Å². The number of halogens is 1. The van der Waals surface area contributed by atoms with Crippen LogP contribution in [0.3, 0.4) is 0 Å². The molecule has 1 fully saturated rings. The van der Waals surface area contributed by atoms with Crippen LogP contribution in [0.4, 0.5) is 0 Å². The van der Waals surface area contributed by atoms with E-state index in [-0.39, 0.29) is 24.1 Å². The fraction of sp³-hybridized carbons (Fsp3) is 0.524. The topological polar surface area (TPSA) is 51.1 Å². The number of thioether (sulfide) groups is 1. The van der Waals surface area contributed by atoms with E-state index in [9.17, 15) is 4.79 Å². The highest BCUT2D eigenvalue weighted by Gasteiger charge is 2.35. The maximum atomic E-state index is 12.9. The quantitative estimate of drug-likeness (QED) is 0.533. The van der Waals surface area contributed by atoms with Crippen molar-refractivity contribution in [1.82, 2.24) is 4.90 Å². The molecule has 7 heteroatoms. The van der Waals surface area contributed by atoms with E-state index >= 15 is 0 Å². The van der Waals surface area contributed by atoms with Gasteiger partial charge in [-0.15, -0.1) is 0 Å². The van der Waals surface area contributed by atoms with Crippen LogP contribution in [0.5, 0.6) is 11.5 Å². The van der Waals surface area contributed by atoms with E-state index in [1.54, 1.807) is 18.1 Å². The molecule has 0 aliphatic carbocycles. The molecule has 0 radical (unpaired) electrons. The van der Waals surface area contributed by atoms with Crippen molar-refractivity contribution in [2.75, 3.05) is 7.11 Å². The number of hydrogen-bond acceptors (Lipinski definition) is 5. The highest BCUT2D eigenvalue weighted by molar-refractivity contribution is 8.18. The summed E-state index contributed by atoms with van der Waals surface area (Å²) in [6, 6.07) is 3.78. The fourth-order valence-corrected chi connectivity index (χ4v) is 4.12. The molecule has 0 aromatic heterocycles. The molecule has 5 nitrogen and oxygen atoms in total. The monoisotopic (exact) mass is 424 g/mol. The standard InChI is InChI=1S/C21H29ClN2O3S/c1-8-14(6)27-19-16(22)9-15(10-17(19)26-7)11-18-20(25)24(13(4)5)21(28-18)23-12(2)3/h9-14H,8H2,1-7H3/b18-11+,23-21?/t14-/m1/s1. The number of nitrogens with zero attached hydrogens (tertiary/aromatic N) is 2. The number of carbonyl (C=O) groups excluding carboxylic acids is 1. The molecule has 1 aliphatic rings. The largest absolute Gasteiger partial charge is 0.493 e. The maximum Gasteiger partial charge on any atom is 0.266 e. The Hall–Kier alpha value is -1.66. The molecule has 0 saturated carbocycles. The summed E-state index contributed by atoms with van der Waals surface area (Å²) in [6.07, 6.45) is 2.71. The van der Waals surface area contributed by atoms with Crippen molar-refractivity contribution in [2.24, 2.45) is 4.99 Å². The predicted octanol–water partition coefficient (Wildman–Crippen LogP) is 5.62. The molecular formula is C21H29ClN2O3S. The van der Waals surface area contributed by atoms with Gasteiger partial charge < -0.3 is 9.47 Å².